The van der Waals surface area contributed by atoms with Crippen molar-refractivity contribution in [3.8, 4) is 0 Å². The molecule has 6 heteroatoms. The molecule has 0 aromatic carbocycles. The highest BCUT2D eigenvalue weighted by molar-refractivity contribution is 6.30. The number of amides is 1. The van der Waals surface area contributed by atoms with Gasteiger partial charge in [-0.15, -0.1) is 0 Å². The topological polar surface area (TPSA) is 63.2 Å². The van der Waals surface area contributed by atoms with Crippen LogP contribution in [0.1, 0.15) is 19.8 Å². The molecule has 5 nitrogen and oxygen atoms in total. The van der Waals surface area contributed by atoms with Crippen molar-refractivity contribution in [1.29, 1.82) is 0 Å². The standard InChI is InChI=1S/C13H18ClN3O2/c1-9(11-3-2-6-19-11)15-8-13(18)17-12-5-4-10(14)7-16-12/h4-5,7,9,11,15H,2-3,6,8H2,1H3,(H,16,17,18)/t9-,11-/m1/s1. The molecule has 0 saturated carbocycles. The Hall–Kier alpha value is -1.17. The van der Waals surface area contributed by atoms with Crippen LogP contribution in [0.4, 0.5) is 5.82 Å². The number of carbonyl (C=O) groups is 1. The summed E-state index contributed by atoms with van der Waals surface area (Å²) >= 11 is 5.72. The molecule has 0 spiro atoms. The van der Waals surface area contributed by atoms with Crippen molar-refractivity contribution >= 4 is 23.3 Å². The van der Waals surface area contributed by atoms with Gasteiger partial charge in [0.25, 0.3) is 0 Å². The second-order valence-electron chi connectivity index (χ2n) is 4.63. The molecule has 1 amide bonds. The van der Waals surface area contributed by atoms with Crippen molar-refractivity contribution in [2.45, 2.75) is 31.9 Å². The molecule has 104 valence electrons. The molecule has 0 aliphatic carbocycles. The van der Waals surface area contributed by atoms with Gasteiger partial charge < -0.3 is 15.4 Å². The summed E-state index contributed by atoms with van der Waals surface area (Å²) in [6, 6.07) is 3.53. The van der Waals surface area contributed by atoms with Crippen LogP contribution in [-0.4, -0.2) is 36.2 Å². The Morgan fingerprint density at radius 2 is 2.47 bits per heavy atom. The van der Waals surface area contributed by atoms with Gasteiger partial charge in [-0.3, -0.25) is 4.79 Å². The number of hydrogen-bond acceptors (Lipinski definition) is 4. The summed E-state index contributed by atoms with van der Waals surface area (Å²) in [5, 5.41) is 6.41. The molecule has 0 radical (unpaired) electrons. The Morgan fingerprint density at radius 3 is 3.11 bits per heavy atom. The molecule has 1 aliphatic rings. The lowest BCUT2D eigenvalue weighted by Crippen LogP contribution is -2.41. The minimum atomic E-state index is -0.125. The van der Waals surface area contributed by atoms with Crippen LogP contribution in [0.5, 0.6) is 0 Å². The van der Waals surface area contributed by atoms with Gasteiger partial charge in [-0.1, -0.05) is 11.6 Å². The van der Waals surface area contributed by atoms with Crippen LogP contribution in [0.3, 0.4) is 0 Å². The van der Waals surface area contributed by atoms with Crippen molar-refractivity contribution in [3.63, 3.8) is 0 Å². The van der Waals surface area contributed by atoms with Gasteiger partial charge in [-0.25, -0.2) is 4.98 Å². The number of rotatable bonds is 5. The third kappa shape index (κ3) is 4.45. The van der Waals surface area contributed by atoms with Crippen LogP contribution in [0.25, 0.3) is 0 Å². The van der Waals surface area contributed by atoms with E-state index in [1.54, 1.807) is 12.1 Å². The van der Waals surface area contributed by atoms with E-state index in [4.69, 9.17) is 16.3 Å². The van der Waals surface area contributed by atoms with E-state index in [1.165, 1.54) is 6.20 Å². The van der Waals surface area contributed by atoms with Crippen molar-refractivity contribution < 1.29 is 9.53 Å². The third-order valence-electron chi connectivity index (χ3n) is 3.10. The predicted octanol–water partition coefficient (Wildman–Crippen LogP) is 1.83. The van der Waals surface area contributed by atoms with Crippen molar-refractivity contribution in [2.24, 2.45) is 0 Å². The predicted molar refractivity (Wildman–Crippen MR) is 74.3 cm³/mol. The van der Waals surface area contributed by atoms with E-state index < -0.39 is 0 Å². The number of aromatic nitrogens is 1. The van der Waals surface area contributed by atoms with E-state index in [9.17, 15) is 4.79 Å². The second kappa shape index (κ2) is 6.84. The summed E-state index contributed by atoms with van der Waals surface area (Å²) in [6.07, 6.45) is 3.85. The maximum absolute atomic E-state index is 11.7. The Morgan fingerprint density at radius 1 is 1.63 bits per heavy atom. The second-order valence-corrected chi connectivity index (χ2v) is 5.07. The number of halogens is 1. The van der Waals surface area contributed by atoms with Crippen LogP contribution in [0.2, 0.25) is 5.02 Å². The molecule has 1 saturated heterocycles. The molecule has 1 aromatic rings. The van der Waals surface area contributed by atoms with Crippen LogP contribution >= 0.6 is 11.6 Å². The van der Waals surface area contributed by atoms with E-state index >= 15 is 0 Å². The van der Waals surface area contributed by atoms with Crippen molar-refractivity contribution in [1.82, 2.24) is 10.3 Å². The molecule has 0 unspecified atom stereocenters. The molecule has 1 aliphatic heterocycles. The molecule has 19 heavy (non-hydrogen) atoms. The minimum Gasteiger partial charge on any atom is -0.377 e. The average molecular weight is 284 g/mol. The Bertz CT molecular complexity index is 418. The molecule has 2 atom stereocenters. The minimum absolute atomic E-state index is 0.125. The Labute approximate surface area is 117 Å². The van der Waals surface area contributed by atoms with Crippen molar-refractivity contribution in [2.75, 3.05) is 18.5 Å². The molecule has 2 heterocycles. The zero-order valence-corrected chi connectivity index (χ0v) is 11.6. The zero-order chi connectivity index (χ0) is 13.7. The van der Waals surface area contributed by atoms with Gasteiger partial charge in [-0.2, -0.15) is 0 Å². The lowest BCUT2D eigenvalue weighted by atomic mass is 10.1. The summed E-state index contributed by atoms with van der Waals surface area (Å²) in [5.41, 5.74) is 0. The maximum atomic E-state index is 11.7. The number of nitrogens with zero attached hydrogens (tertiary/aromatic N) is 1. The fourth-order valence-electron chi connectivity index (χ4n) is 2.02. The van der Waals surface area contributed by atoms with E-state index in [-0.39, 0.29) is 24.6 Å². The largest absolute Gasteiger partial charge is 0.377 e. The highest BCUT2D eigenvalue weighted by atomic mass is 35.5. The monoisotopic (exact) mass is 283 g/mol. The van der Waals surface area contributed by atoms with Gasteiger partial charge in [0.1, 0.15) is 5.82 Å². The number of anilines is 1. The summed E-state index contributed by atoms with van der Waals surface area (Å²) < 4.78 is 5.56. The smallest absolute Gasteiger partial charge is 0.239 e. The summed E-state index contributed by atoms with van der Waals surface area (Å²) in [4.78, 5) is 15.7. The first kappa shape index (κ1) is 14.2. The van der Waals surface area contributed by atoms with Crippen molar-refractivity contribution in [3.05, 3.63) is 23.4 Å². The summed E-state index contributed by atoms with van der Waals surface area (Å²) in [5.74, 6) is 0.376. The first-order chi connectivity index (χ1) is 9.15. The quantitative estimate of drug-likeness (QED) is 0.865. The van der Waals surface area contributed by atoms with E-state index in [0.717, 1.165) is 19.4 Å². The molecule has 2 N–H and O–H groups in total. The molecular weight excluding hydrogens is 266 g/mol. The fraction of sp³-hybridized carbons (Fsp3) is 0.538. The maximum Gasteiger partial charge on any atom is 0.239 e. The number of pyridine rings is 1. The zero-order valence-electron chi connectivity index (χ0n) is 10.9. The number of carbonyl (C=O) groups excluding carboxylic acids is 1. The summed E-state index contributed by atoms with van der Waals surface area (Å²) in [6.45, 7) is 3.09. The Balaban J connectivity index is 1.73. The van der Waals surface area contributed by atoms with Crippen LogP contribution < -0.4 is 10.6 Å². The lowest BCUT2D eigenvalue weighted by Gasteiger charge is -2.19. The van der Waals surface area contributed by atoms with Gasteiger partial charge in [0, 0.05) is 18.8 Å². The van der Waals surface area contributed by atoms with Crippen LogP contribution in [-0.2, 0) is 9.53 Å². The molecule has 1 fully saturated rings. The highest BCUT2D eigenvalue weighted by Crippen LogP contribution is 2.15. The van der Waals surface area contributed by atoms with Gasteiger partial charge in [0.05, 0.1) is 17.7 Å². The first-order valence-electron chi connectivity index (χ1n) is 6.41. The van der Waals surface area contributed by atoms with Gasteiger partial charge in [0.15, 0.2) is 0 Å². The normalized spacial score (nSPS) is 20.2. The van der Waals surface area contributed by atoms with Crippen LogP contribution in [0, 0.1) is 0 Å². The lowest BCUT2D eigenvalue weighted by molar-refractivity contribution is -0.115. The molecule has 1 aromatic heterocycles. The average Bonchev–Trinajstić information content (AvgIpc) is 2.93. The molecular formula is C13H18ClN3O2. The van der Waals surface area contributed by atoms with E-state index in [1.807, 2.05) is 6.92 Å². The molecule has 0 bridgehead atoms. The SMILES string of the molecule is C[C@@H](NCC(=O)Nc1ccc(Cl)cn1)[C@H]1CCCO1. The van der Waals surface area contributed by atoms with E-state index in [2.05, 4.69) is 15.6 Å². The first-order valence-corrected chi connectivity index (χ1v) is 6.79. The van der Waals surface area contributed by atoms with Gasteiger partial charge in [-0.05, 0) is 31.9 Å². The van der Waals surface area contributed by atoms with Gasteiger partial charge in [0.2, 0.25) is 5.91 Å². The number of nitrogens with one attached hydrogen (secondary N) is 2. The Kier molecular flexibility index (Phi) is 5.13. The van der Waals surface area contributed by atoms with Gasteiger partial charge >= 0.3 is 0 Å². The van der Waals surface area contributed by atoms with Crippen LogP contribution in [0.15, 0.2) is 18.3 Å². The molecule has 2 rings (SSSR count). The number of hydrogen-bond donors (Lipinski definition) is 2. The highest BCUT2D eigenvalue weighted by Gasteiger charge is 2.22. The third-order valence-corrected chi connectivity index (χ3v) is 3.33. The van der Waals surface area contributed by atoms with E-state index in [0.29, 0.717) is 10.8 Å². The summed E-state index contributed by atoms with van der Waals surface area (Å²) in [7, 11) is 0. The fourth-order valence-corrected chi connectivity index (χ4v) is 2.13. The number of ether oxygens (including phenoxy) is 1.